The van der Waals surface area contributed by atoms with Gasteiger partial charge in [-0.3, -0.25) is 9.59 Å². The molecule has 1 amide bonds. The van der Waals surface area contributed by atoms with Crippen molar-refractivity contribution < 1.29 is 9.59 Å². The summed E-state index contributed by atoms with van der Waals surface area (Å²) < 4.78 is 0. The summed E-state index contributed by atoms with van der Waals surface area (Å²) in [5, 5.41) is 0. The number of hydrogen-bond acceptors (Lipinski definition) is 3. The van der Waals surface area contributed by atoms with Crippen molar-refractivity contribution in [3.05, 3.63) is 42.1 Å². The second kappa shape index (κ2) is 8.38. The Bertz CT molecular complexity index is 498. The van der Waals surface area contributed by atoms with Crippen LogP contribution in [0.2, 0.25) is 0 Å². The highest BCUT2D eigenvalue weighted by Crippen LogP contribution is 2.17. The number of rotatable bonds is 5. The molecule has 0 fully saturated rings. The molecular weight excluding hydrogens is 276 g/mol. The molecule has 110 valence electrons. The predicted molar refractivity (Wildman–Crippen MR) is 84.5 cm³/mol. The molecule has 0 saturated heterocycles. The predicted octanol–water partition coefficient (Wildman–Crippen LogP) is 2.74. The molecule has 0 heterocycles. The second-order valence-electron chi connectivity index (χ2n) is 4.46. The molecule has 0 aliphatic rings. The number of anilines is 1. The summed E-state index contributed by atoms with van der Waals surface area (Å²) in [5.74, 6) is -0.105. The van der Waals surface area contributed by atoms with E-state index >= 15 is 0 Å². The zero-order valence-corrected chi connectivity index (χ0v) is 13.1. The number of ketones is 1. The summed E-state index contributed by atoms with van der Waals surface area (Å²) in [6.45, 7) is 4.01. The molecule has 0 N–H and O–H groups in total. The number of nitrogens with zero attached hydrogens (tertiary/aromatic N) is 2. The lowest BCUT2D eigenvalue weighted by Gasteiger charge is -2.19. The average molecular weight is 297 g/mol. The van der Waals surface area contributed by atoms with Crippen LogP contribution in [-0.2, 0) is 4.79 Å². The van der Waals surface area contributed by atoms with Crippen molar-refractivity contribution in [1.29, 1.82) is 0 Å². The quantitative estimate of drug-likeness (QED) is 0.620. The normalized spacial score (nSPS) is 10.0. The van der Waals surface area contributed by atoms with Crippen molar-refractivity contribution in [3.63, 3.8) is 0 Å². The van der Waals surface area contributed by atoms with Crippen LogP contribution in [-0.4, -0.2) is 37.2 Å². The van der Waals surface area contributed by atoms with Crippen LogP contribution in [0.1, 0.15) is 24.2 Å². The first-order valence-electron chi connectivity index (χ1n) is 6.22. The first-order valence-corrected chi connectivity index (χ1v) is 6.22. The average Bonchev–Trinajstić information content (AvgIpc) is 2.36. The lowest BCUT2D eigenvalue weighted by Crippen LogP contribution is -2.27. The highest BCUT2D eigenvalue weighted by molar-refractivity contribution is 6.05. The van der Waals surface area contributed by atoms with Crippen LogP contribution < -0.4 is 4.90 Å². The van der Waals surface area contributed by atoms with Gasteiger partial charge in [0.05, 0.1) is 0 Å². The Morgan fingerprint density at radius 3 is 2.40 bits per heavy atom. The van der Waals surface area contributed by atoms with Crippen LogP contribution in [0.15, 0.2) is 36.5 Å². The van der Waals surface area contributed by atoms with Gasteiger partial charge in [-0.25, -0.2) is 0 Å². The maximum atomic E-state index is 12.0. The van der Waals surface area contributed by atoms with E-state index in [1.165, 1.54) is 13.0 Å². The van der Waals surface area contributed by atoms with Crippen molar-refractivity contribution in [2.45, 2.75) is 13.8 Å². The molecule has 0 aliphatic carbocycles. The number of amides is 1. The van der Waals surface area contributed by atoms with E-state index in [1.54, 1.807) is 34.2 Å². The van der Waals surface area contributed by atoms with Gasteiger partial charge in [-0.05, 0) is 19.1 Å². The van der Waals surface area contributed by atoms with Crippen LogP contribution in [0, 0.1) is 0 Å². The van der Waals surface area contributed by atoms with E-state index in [1.807, 2.05) is 27.1 Å². The number of hydrogen-bond donors (Lipinski definition) is 0. The van der Waals surface area contributed by atoms with E-state index in [0.29, 0.717) is 12.1 Å². The Morgan fingerprint density at radius 2 is 1.90 bits per heavy atom. The third-order valence-corrected chi connectivity index (χ3v) is 2.66. The third-order valence-electron chi connectivity index (χ3n) is 2.66. The molecule has 0 spiro atoms. The Hall–Kier alpha value is -1.81. The van der Waals surface area contributed by atoms with Gasteiger partial charge in [0.25, 0.3) is 0 Å². The Morgan fingerprint density at radius 1 is 1.25 bits per heavy atom. The molecule has 1 rings (SSSR count). The van der Waals surface area contributed by atoms with Crippen LogP contribution in [0.5, 0.6) is 0 Å². The van der Waals surface area contributed by atoms with Crippen LogP contribution >= 0.6 is 12.4 Å². The standard InChI is InChI=1S/C15H20N2O2.ClH/c1-5-17(12(2)18)14-8-6-7-13(11-14)15(19)9-10-16(3)4;/h6-11H,5H2,1-4H3;1H. The van der Waals surface area contributed by atoms with Gasteiger partial charge < -0.3 is 9.80 Å². The van der Waals surface area contributed by atoms with Gasteiger partial charge in [-0.2, -0.15) is 0 Å². The summed E-state index contributed by atoms with van der Waals surface area (Å²) in [4.78, 5) is 26.9. The Balaban J connectivity index is 0.00000361. The van der Waals surface area contributed by atoms with Crippen molar-refractivity contribution in [2.75, 3.05) is 25.5 Å². The van der Waals surface area contributed by atoms with Gasteiger partial charge in [-0.15, -0.1) is 12.4 Å². The SMILES string of the molecule is CCN(C(C)=O)c1cccc(C(=O)C=CN(C)C)c1.Cl. The lowest BCUT2D eigenvalue weighted by molar-refractivity contribution is -0.116. The van der Waals surface area contributed by atoms with E-state index in [9.17, 15) is 9.59 Å². The minimum Gasteiger partial charge on any atom is -0.383 e. The summed E-state index contributed by atoms with van der Waals surface area (Å²) >= 11 is 0. The zero-order valence-electron chi connectivity index (χ0n) is 12.3. The fourth-order valence-electron chi connectivity index (χ4n) is 1.73. The number of carbonyl (C=O) groups is 2. The smallest absolute Gasteiger partial charge is 0.223 e. The van der Waals surface area contributed by atoms with Gasteiger partial charge in [0.15, 0.2) is 5.78 Å². The van der Waals surface area contributed by atoms with E-state index in [2.05, 4.69) is 0 Å². The lowest BCUT2D eigenvalue weighted by atomic mass is 10.1. The van der Waals surface area contributed by atoms with E-state index < -0.39 is 0 Å². The zero-order chi connectivity index (χ0) is 14.4. The summed E-state index contributed by atoms with van der Waals surface area (Å²) in [7, 11) is 3.71. The molecule has 5 heteroatoms. The van der Waals surface area contributed by atoms with E-state index in [0.717, 1.165) is 5.69 Å². The van der Waals surface area contributed by atoms with Gasteiger partial charge in [0, 0.05) is 51.1 Å². The fraction of sp³-hybridized carbons (Fsp3) is 0.333. The molecule has 0 atom stereocenters. The topological polar surface area (TPSA) is 40.6 Å². The van der Waals surface area contributed by atoms with Crippen molar-refractivity contribution >= 4 is 29.8 Å². The van der Waals surface area contributed by atoms with Crippen LogP contribution in [0.3, 0.4) is 0 Å². The highest BCUT2D eigenvalue weighted by Gasteiger charge is 2.10. The van der Waals surface area contributed by atoms with E-state index in [-0.39, 0.29) is 24.1 Å². The summed E-state index contributed by atoms with van der Waals surface area (Å²) in [6.07, 6.45) is 3.22. The summed E-state index contributed by atoms with van der Waals surface area (Å²) in [6, 6.07) is 7.11. The van der Waals surface area contributed by atoms with E-state index in [4.69, 9.17) is 0 Å². The Labute approximate surface area is 126 Å². The molecular formula is C15H21ClN2O2. The molecule has 0 radical (unpaired) electrons. The molecule has 1 aromatic carbocycles. The molecule has 0 saturated carbocycles. The van der Waals surface area contributed by atoms with Crippen molar-refractivity contribution in [1.82, 2.24) is 4.90 Å². The Kier molecular flexibility index (Phi) is 7.62. The van der Waals surface area contributed by atoms with Crippen molar-refractivity contribution in [3.8, 4) is 0 Å². The summed E-state index contributed by atoms with van der Waals surface area (Å²) in [5.41, 5.74) is 1.33. The molecule has 1 aromatic rings. The third kappa shape index (κ3) is 5.05. The molecule has 20 heavy (non-hydrogen) atoms. The number of allylic oxidation sites excluding steroid dienone is 1. The first-order chi connectivity index (χ1) is 8.95. The number of carbonyl (C=O) groups excluding carboxylic acids is 2. The largest absolute Gasteiger partial charge is 0.383 e. The second-order valence-corrected chi connectivity index (χ2v) is 4.46. The van der Waals surface area contributed by atoms with Gasteiger partial charge in [0.2, 0.25) is 5.91 Å². The van der Waals surface area contributed by atoms with Crippen molar-refractivity contribution in [2.24, 2.45) is 0 Å². The van der Waals surface area contributed by atoms with Gasteiger partial charge in [0.1, 0.15) is 0 Å². The molecule has 0 unspecified atom stereocenters. The molecule has 4 nitrogen and oxygen atoms in total. The first kappa shape index (κ1) is 18.2. The van der Waals surface area contributed by atoms with Crippen LogP contribution in [0.4, 0.5) is 5.69 Å². The maximum absolute atomic E-state index is 12.0. The number of benzene rings is 1. The molecule has 0 aromatic heterocycles. The minimum atomic E-state index is -0.0739. The number of halogens is 1. The van der Waals surface area contributed by atoms with Gasteiger partial charge >= 0.3 is 0 Å². The monoisotopic (exact) mass is 296 g/mol. The maximum Gasteiger partial charge on any atom is 0.223 e. The fourth-order valence-corrected chi connectivity index (χ4v) is 1.73. The molecule has 0 bridgehead atoms. The minimum absolute atomic E-state index is 0. The van der Waals surface area contributed by atoms with Crippen LogP contribution in [0.25, 0.3) is 0 Å². The molecule has 0 aliphatic heterocycles. The van der Waals surface area contributed by atoms with Gasteiger partial charge in [-0.1, -0.05) is 12.1 Å². The highest BCUT2D eigenvalue weighted by atomic mass is 35.5.